The van der Waals surface area contributed by atoms with Crippen LogP contribution in [-0.2, 0) is 11.0 Å². The fourth-order valence-corrected chi connectivity index (χ4v) is 2.83. The number of benzene rings is 1. The molecule has 0 radical (unpaired) electrons. The normalized spacial score (nSPS) is 17.7. The average molecular weight is 299 g/mol. The first kappa shape index (κ1) is 15.9. The number of unbranched alkanes of at least 4 members (excludes halogenated alkanes) is 4. The Morgan fingerprint density at radius 1 is 1.14 bits per heavy atom. The lowest BCUT2D eigenvalue weighted by atomic mass is 9.93. The van der Waals surface area contributed by atoms with Crippen molar-refractivity contribution in [3.05, 3.63) is 29.3 Å². The first-order chi connectivity index (χ1) is 9.95. The molecular weight excluding hydrogens is 279 g/mol. The number of para-hydroxylation sites is 1. The highest BCUT2D eigenvalue weighted by Gasteiger charge is 2.40. The van der Waals surface area contributed by atoms with E-state index in [1.807, 2.05) is 0 Å². The van der Waals surface area contributed by atoms with E-state index in [2.05, 4.69) is 12.2 Å². The highest BCUT2D eigenvalue weighted by atomic mass is 19.4. The number of nitrogens with one attached hydrogen (secondary N) is 1. The number of hydrogen-bond donors (Lipinski definition) is 1. The van der Waals surface area contributed by atoms with Gasteiger partial charge in [-0.1, -0.05) is 51.2 Å². The summed E-state index contributed by atoms with van der Waals surface area (Å²) in [7, 11) is 0. The van der Waals surface area contributed by atoms with E-state index in [1.165, 1.54) is 6.07 Å². The SMILES string of the molecule is CCCCCCCC1C(=O)Nc2c1cccc2C(F)(F)F. The molecule has 0 saturated carbocycles. The van der Waals surface area contributed by atoms with Crippen LogP contribution in [0, 0.1) is 0 Å². The zero-order valence-electron chi connectivity index (χ0n) is 12.1. The molecule has 2 rings (SSSR count). The van der Waals surface area contributed by atoms with Gasteiger partial charge in [0.1, 0.15) is 0 Å². The minimum Gasteiger partial charge on any atom is -0.325 e. The zero-order chi connectivity index (χ0) is 15.5. The molecule has 0 aromatic heterocycles. The molecule has 116 valence electrons. The summed E-state index contributed by atoms with van der Waals surface area (Å²) >= 11 is 0. The van der Waals surface area contributed by atoms with E-state index in [0.717, 1.165) is 38.2 Å². The summed E-state index contributed by atoms with van der Waals surface area (Å²) in [5.41, 5.74) is -0.305. The Morgan fingerprint density at radius 2 is 1.86 bits per heavy atom. The molecule has 0 bridgehead atoms. The van der Waals surface area contributed by atoms with Crippen LogP contribution >= 0.6 is 0 Å². The van der Waals surface area contributed by atoms with Crippen molar-refractivity contribution in [1.29, 1.82) is 0 Å². The lowest BCUT2D eigenvalue weighted by Gasteiger charge is -2.12. The molecule has 0 aliphatic carbocycles. The van der Waals surface area contributed by atoms with Gasteiger partial charge >= 0.3 is 6.18 Å². The topological polar surface area (TPSA) is 29.1 Å². The van der Waals surface area contributed by atoms with Gasteiger partial charge in [0.05, 0.1) is 17.2 Å². The van der Waals surface area contributed by atoms with Crippen molar-refractivity contribution in [3.63, 3.8) is 0 Å². The molecule has 1 aromatic rings. The average Bonchev–Trinajstić information content (AvgIpc) is 2.73. The van der Waals surface area contributed by atoms with Gasteiger partial charge in [-0.3, -0.25) is 4.79 Å². The Hall–Kier alpha value is -1.52. The third kappa shape index (κ3) is 3.57. The van der Waals surface area contributed by atoms with Gasteiger partial charge in [-0.15, -0.1) is 0 Å². The smallest absolute Gasteiger partial charge is 0.325 e. The number of alkyl halides is 3. The van der Waals surface area contributed by atoms with E-state index >= 15 is 0 Å². The Balaban J connectivity index is 2.09. The second-order valence-corrected chi connectivity index (χ2v) is 5.51. The number of anilines is 1. The van der Waals surface area contributed by atoms with Crippen LogP contribution in [0.15, 0.2) is 18.2 Å². The summed E-state index contributed by atoms with van der Waals surface area (Å²) in [5, 5.41) is 2.42. The van der Waals surface area contributed by atoms with Crippen molar-refractivity contribution < 1.29 is 18.0 Å². The molecule has 1 aromatic carbocycles. The van der Waals surface area contributed by atoms with Crippen LogP contribution < -0.4 is 5.32 Å². The van der Waals surface area contributed by atoms with Crippen LogP contribution in [0.3, 0.4) is 0 Å². The predicted octanol–water partition coefficient (Wildman–Crippen LogP) is 5.10. The van der Waals surface area contributed by atoms with Crippen LogP contribution in [-0.4, -0.2) is 5.91 Å². The molecule has 1 amide bonds. The lowest BCUT2D eigenvalue weighted by molar-refractivity contribution is -0.136. The lowest BCUT2D eigenvalue weighted by Crippen LogP contribution is -2.13. The molecule has 0 fully saturated rings. The van der Waals surface area contributed by atoms with E-state index in [4.69, 9.17) is 0 Å². The van der Waals surface area contributed by atoms with Gasteiger partial charge in [0.15, 0.2) is 0 Å². The Kier molecular flexibility index (Phi) is 4.91. The van der Waals surface area contributed by atoms with Gasteiger partial charge in [-0.05, 0) is 18.1 Å². The predicted molar refractivity (Wildman–Crippen MR) is 76.2 cm³/mol. The van der Waals surface area contributed by atoms with Gasteiger partial charge in [-0.2, -0.15) is 13.2 Å². The van der Waals surface area contributed by atoms with E-state index in [1.54, 1.807) is 6.07 Å². The summed E-state index contributed by atoms with van der Waals surface area (Å²) in [6, 6.07) is 4.02. The fourth-order valence-electron chi connectivity index (χ4n) is 2.83. The van der Waals surface area contributed by atoms with Gasteiger partial charge in [0, 0.05) is 0 Å². The number of carbonyl (C=O) groups excluding carboxylic acids is 1. The summed E-state index contributed by atoms with van der Waals surface area (Å²) in [6.45, 7) is 2.12. The van der Waals surface area contributed by atoms with E-state index in [-0.39, 0.29) is 11.6 Å². The minimum atomic E-state index is -4.44. The van der Waals surface area contributed by atoms with Crippen molar-refractivity contribution in [1.82, 2.24) is 0 Å². The van der Waals surface area contributed by atoms with Crippen LogP contribution in [0.1, 0.15) is 62.5 Å². The first-order valence-electron chi connectivity index (χ1n) is 7.46. The van der Waals surface area contributed by atoms with Gasteiger partial charge in [-0.25, -0.2) is 0 Å². The van der Waals surface area contributed by atoms with E-state index < -0.39 is 17.7 Å². The number of halogens is 3. The molecule has 21 heavy (non-hydrogen) atoms. The van der Waals surface area contributed by atoms with Crippen LogP contribution in [0.2, 0.25) is 0 Å². The summed E-state index contributed by atoms with van der Waals surface area (Å²) in [6.07, 6.45) is 1.48. The molecule has 1 atom stereocenters. The van der Waals surface area contributed by atoms with Gasteiger partial charge in [0.25, 0.3) is 0 Å². The maximum absolute atomic E-state index is 12.9. The molecule has 2 nitrogen and oxygen atoms in total. The van der Waals surface area contributed by atoms with Crippen molar-refractivity contribution in [3.8, 4) is 0 Å². The fraction of sp³-hybridized carbons (Fsp3) is 0.562. The molecule has 1 heterocycles. The maximum Gasteiger partial charge on any atom is 0.418 e. The summed E-state index contributed by atoms with van der Waals surface area (Å²) in [5.74, 6) is -0.749. The Morgan fingerprint density at radius 3 is 2.52 bits per heavy atom. The second kappa shape index (κ2) is 6.50. The highest BCUT2D eigenvalue weighted by molar-refractivity contribution is 6.03. The Bertz CT molecular complexity index is 511. The van der Waals surface area contributed by atoms with Gasteiger partial charge < -0.3 is 5.32 Å². The largest absolute Gasteiger partial charge is 0.418 e. The summed E-state index contributed by atoms with van der Waals surface area (Å²) in [4.78, 5) is 12.0. The molecule has 0 saturated heterocycles. The molecule has 1 unspecified atom stereocenters. The molecule has 1 aliphatic heterocycles. The third-order valence-electron chi connectivity index (χ3n) is 3.94. The number of amides is 1. The molecule has 5 heteroatoms. The van der Waals surface area contributed by atoms with Crippen LogP contribution in [0.5, 0.6) is 0 Å². The highest BCUT2D eigenvalue weighted by Crippen LogP contribution is 2.43. The van der Waals surface area contributed by atoms with Gasteiger partial charge in [0.2, 0.25) is 5.91 Å². The van der Waals surface area contributed by atoms with Crippen LogP contribution in [0.25, 0.3) is 0 Å². The zero-order valence-corrected chi connectivity index (χ0v) is 12.1. The quantitative estimate of drug-likeness (QED) is 0.727. The molecule has 0 spiro atoms. The molecular formula is C16H20F3NO. The van der Waals surface area contributed by atoms with E-state index in [9.17, 15) is 18.0 Å². The number of fused-ring (bicyclic) bond motifs is 1. The third-order valence-corrected chi connectivity index (χ3v) is 3.94. The van der Waals surface area contributed by atoms with Crippen molar-refractivity contribution in [2.45, 2.75) is 57.5 Å². The maximum atomic E-state index is 12.9. The van der Waals surface area contributed by atoms with E-state index in [0.29, 0.717) is 12.0 Å². The summed E-state index contributed by atoms with van der Waals surface area (Å²) < 4.78 is 38.8. The monoisotopic (exact) mass is 299 g/mol. The first-order valence-corrected chi connectivity index (χ1v) is 7.46. The number of rotatable bonds is 6. The van der Waals surface area contributed by atoms with Crippen molar-refractivity contribution >= 4 is 11.6 Å². The molecule has 1 aliphatic rings. The second-order valence-electron chi connectivity index (χ2n) is 5.51. The van der Waals surface area contributed by atoms with Crippen molar-refractivity contribution in [2.24, 2.45) is 0 Å². The number of hydrogen-bond acceptors (Lipinski definition) is 1. The Labute approximate surface area is 122 Å². The molecule has 1 N–H and O–H groups in total. The minimum absolute atomic E-state index is 0.0476. The van der Waals surface area contributed by atoms with Crippen molar-refractivity contribution in [2.75, 3.05) is 5.32 Å². The number of carbonyl (C=O) groups is 1. The van der Waals surface area contributed by atoms with Crippen LogP contribution in [0.4, 0.5) is 18.9 Å². The standard InChI is InChI=1S/C16H20F3NO/c1-2-3-4-5-6-8-12-11-9-7-10-13(16(17,18)19)14(11)20-15(12)21/h7,9-10,12H,2-6,8H2,1H3,(H,20,21).